The molecule has 0 aromatic heterocycles. The van der Waals surface area contributed by atoms with E-state index in [1.165, 1.54) is 0 Å². The average Bonchev–Trinajstić information content (AvgIpc) is 2.30. The lowest BCUT2D eigenvalue weighted by Gasteiger charge is -2.47. The van der Waals surface area contributed by atoms with E-state index in [0.717, 1.165) is 39.3 Å². The van der Waals surface area contributed by atoms with E-state index in [2.05, 4.69) is 16.8 Å². The third-order valence-electron chi connectivity index (χ3n) is 3.57. The molecule has 5 nitrogen and oxygen atoms in total. The summed E-state index contributed by atoms with van der Waals surface area (Å²) < 4.78 is 5.35. The first-order chi connectivity index (χ1) is 9.35. The van der Waals surface area contributed by atoms with Crippen molar-refractivity contribution < 1.29 is 9.53 Å². The molecular formula is C15H31N3O2. The number of likely N-dealkylation sites (tertiary alicyclic amines) is 1. The Bertz CT molecular complexity index is 301. The SMILES string of the molecule is CC.CN1CCN(C2CN(C(=O)OC(C)(C)C)C2)CC1. The van der Waals surface area contributed by atoms with Crippen molar-refractivity contribution in [3.8, 4) is 0 Å². The van der Waals surface area contributed by atoms with Gasteiger partial charge in [0.1, 0.15) is 5.60 Å². The van der Waals surface area contributed by atoms with Gasteiger partial charge < -0.3 is 14.5 Å². The zero-order valence-corrected chi connectivity index (χ0v) is 14.0. The standard InChI is InChI=1S/C13H25N3O2.C2H6/c1-13(2,3)18-12(17)16-9-11(10-16)15-7-5-14(4)6-8-15;1-2/h11H,5-10H2,1-4H3;1-2H3. The van der Waals surface area contributed by atoms with Crippen LogP contribution >= 0.6 is 0 Å². The highest BCUT2D eigenvalue weighted by Crippen LogP contribution is 2.19. The fourth-order valence-electron chi connectivity index (χ4n) is 2.35. The van der Waals surface area contributed by atoms with Gasteiger partial charge >= 0.3 is 6.09 Å². The molecule has 2 fully saturated rings. The number of nitrogens with zero attached hydrogens (tertiary/aromatic N) is 3. The summed E-state index contributed by atoms with van der Waals surface area (Å²) in [6.07, 6.45) is -0.173. The second-order valence-electron chi connectivity index (χ2n) is 6.38. The van der Waals surface area contributed by atoms with E-state index in [4.69, 9.17) is 4.74 Å². The van der Waals surface area contributed by atoms with Gasteiger partial charge in [-0.25, -0.2) is 4.79 Å². The smallest absolute Gasteiger partial charge is 0.410 e. The minimum absolute atomic E-state index is 0.173. The second kappa shape index (κ2) is 7.27. The molecule has 0 unspecified atom stereocenters. The summed E-state index contributed by atoms with van der Waals surface area (Å²) in [5.74, 6) is 0. The molecule has 0 spiro atoms. The van der Waals surface area contributed by atoms with Crippen LogP contribution in [0.5, 0.6) is 0 Å². The Morgan fingerprint density at radius 1 is 1.05 bits per heavy atom. The number of carbonyl (C=O) groups is 1. The van der Waals surface area contributed by atoms with E-state index in [0.29, 0.717) is 6.04 Å². The first-order valence-corrected chi connectivity index (χ1v) is 7.76. The van der Waals surface area contributed by atoms with Crippen molar-refractivity contribution in [2.45, 2.75) is 46.3 Å². The zero-order valence-electron chi connectivity index (χ0n) is 14.0. The van der Waals surface area contributed by atoms with Crippen LogP contribution in [0.3, 0.4) is 0 Å². The van der Waals surface area contributed by atoms with Crippen LogP contribution in [-0.2, 0) is 4.74 Å². The van der Waals surface area contributed by atoms with Gasteiger partial charge in [0.2, 0.25) is 0 Å². The summed E-state index contributed by atoms with van der Waals surface area (Å²) in [7, 11) is 2.16. The van der Waals surface area contributed by atoms with Gasteiger partial charge in [0.05, 0.1) is 0 Å². The number of carbonyl (C=O) groups excluding carboxylic acids is 1. The molecule has 118 valence electrons. The van der Waals surface area contributed by atoms with Crippen molar-refractivity contribution in [3.05, 3.63) is 0 Å². The number of ether oxygens (including phenoxy) is 1. The lowest BCUT2D eigenvalue weighted by Crippen LogP contribution is -2.64. The first kappa shape index (κ1) is 17.2. The molecule has 0 bridgehead atoms. The fourth-order valence-corrected chi connectivity index (χ4v) is 2.35. The first-order valence-electron chi connectivity index (χ1n) is 7.76. The van der Waals surface area contributed by atoms with Crippen molar-refractivity contribution in [2.75, 3.05) is 46.3 Å². The van der Waals surface area contributed by atoms with Gasteiger partial charge in [0.25, 0.3) is 0 Å². The molecule has 2 rings (SSSR count). The van der Waals surface area contributed by atoms with Gasteiger partial charge in [-0.2, -0.15) is 0 Å². The number of hydrogen-bond donors (Lipinski definition) is 0. The van der Waals surface area contributed by atoms with Crippen LogP contribution in [0.4, 0.5) is 4.79 Å². The predicted molar refractivity (Wildman–Crippen MR) is 82.0 cm³/mol. The van der Waals surface area contributed by atoms with Crippen LogP contribution in [-0.4, -0.2) is 78.8 Å². The van der Waals surface area contributed by atoms with Gasteiger partial charge in [0, 0.05) is 45.3 Å². The molecule has 1 amide bonds. The summed E-state index contributed by atoms with van der Waals surface area (Å²) in [6, 6.07) is 0.534. The van der Waals surface area contributed by atoms with Crippen LogP contribution < -0.4 is 0 Å². The minimum Gasteiger partial charge on any atom is -0.444 e. The van der Waals surface area contributed by atoms with Crippen LogP contribution in [0, 0.1) is 0 Å². The normalized spacial score (nSPS) is 21.8. The maximum atomic E-state index is 11.8. The Kier molecular flexibility index (Phi) is 6.27. The molecule has 0 saturated carbocycles. The molecule has 0 aliphatic carbocycles. The van der Waals surface area contributed by atoms with E-state index in [9.17, 15) is 4.79 Å². The van der Waals surface area contributed by atoms with Crippen molar-refractivity contribution in [2.24, 2.45) is 0 Å². The Hall–Kier alpha value is -0.810. The molecule has 2 saturated heterocycles. The zero-order chi connectivity index (χ0) is 15.3. The monoisotopic (exact) mass is 285 g/mol. The Balaban J connectivity index is 0.000000956. The topological polar surface area (TPSA) is 36.0 Å². The molecule has 5 heteroatoms. The molecule has 2 heterocycles. The second-order valence-corrected chi connectivity index (χ2v) is 6.38. The molecule has 0 atom stereocenters. The van der Waals surface area contributed by atoms with E-state index < -0.39 is 5.60 Å². The van der Waals surface area contributed by atoms with Crippen LogP contribution in [0.2, 0.25) is 0 Å². The van der Waals surface area contributed by atoms with E-state index in [1.54, 1.807) is 4.90 Å². The predicted octanol–water partition coefficient (Wildman–Crippen LogP) is 1.88. The average molecular weight is 285 g/mol. The van der Waals surface area contributed by atoms with Crippen LogP contribution in [0.25, 0.3) is 0 Å². The molecule has 2 aliphatic rings. The molecule has 0 radical (unpaired) electrons. The number of rotatable bonds is 1. The summed E-state index contributed by atoms with van der Waals surface area (Å²) in [5.41, 5.74) is -0.393. The molecule has 0 aromatic rings. The van der Waals surface area contributed by atoms with Gasteiger partial charge in [-0.1, -0.05) is 13.8 Å². The molecule has 0 aromatic carbocycles. The Labute approximate surface area is 123 Å². The summed E-state index contributed by atoms with van der Waals surface area (Å²) >= 11 is 0. The highest BCUT2D eigenvalue weighted by Gasteiger charge is 2.37. The van der Waals surface area contributed by atoms with Crippen molar-refractivity contribution in [1.82, 2.24) is 14.7 Å². The van der Waals surface area contributed by atoms with E-state index in [-0.39, 0.29) is 6.09 Å². The lowest BCUT2D eigenvalue weighted by molar-refractivity contribution is -0.0231. The number of amides is 1. The third kappa shape index (κ3) is 4.94. The number of likely N-dealkylation sites (N-methyl/N-ethyl adjacent to an activating group) is 1. The highest BCUT2D eigenvalue weighted by molar-refractivity contribution is 5.69. The molecule has 0 N–H and O–H groups in total. The summed E-state index contributed by atoms with van der Waals surface area (Å²) in [5, 5.41) is 0. The fraction of sp³-hybridized carbons (Fsp3) is 0.933. The van der Waals surface area contributed by atoms with Gasteiger partial charge in [0.15, 0.2) is 0 Å². The maximum absolute atomic E-state index is 11.8. The van der Waals surface area contributed by atoms with E-state index in [1.807, 2.05) is 34.6 Å². The van der Waals surface area contributed by atoms with Gasteiger partial charge in [-0.05, 0) is 27.8 Å². The minimum atomic E-state index is -0.393. The molecule has 20 heavy (non-hydrogen) atoms. The van der Waals surface area contributed by atoms with Gasteiger partial charge in [-0.15, -0.1) is 0 Å². The van der Waals surface area contributed by atoms with E-state index >= 15 is 0 Å². The van der Waals surface area contributed by atoms with Crippen molar-refractivity contribution >= 4 is 6.09 Å². The maximum Gasteiger partial charge on any atom is 0.410 e. The molecule has 2 aliphatic heterocycles. The van der Waals surface area contributed by atoms with Crippen molar-refractivity contribution in [3.63, 3.8) is 0 Å². The van der Waals surface area contributed by atoms with Crippen LogP contribution in [0.1, 0.15) is 34.6 Å². The third-order valence-corrected chi connectivity index (χ3v) is 3.57. The Morgan fingerprint density at radius 2 is 1.55 bits per heavy atom. The van der Waals surface area contributed by atoms with Crippen LogP contribution in [0.15, 0.2) is 0 Å². The largest absolute Gasteiger partial charge is 0.444 e. The van der Waals surface area contributed by atoms with Gasteiger partial charge in [-0.3, -0.25) is 4.90 Å². The number of hydrogen-bond acceptors (Lipinski definition) is 4. The summed E-state index contributed by atoms with van der Waals surface area (Å²) in [4.78, 5) is 18.4. The Morgan fingerprint density at radius 3 is 2.00 bits per heavy atom. The lowest BCUT2D eigenvalue weighted by atomic mass is 10.1. The number of piperazine rings is 1. The summed E-state index contributed by atoms with van der Waals surface area (Å²) in [6.45, 7) is 15.8. The quantitative estimate of drug-likeness (QED) is 0.737. The molecular weight excluding hydrogens is 254 g/mol. The van der Waals surface area contributed by atoms with Crippen molar-refractivity contribution in [1.29, 1.82) is 0 Å². The highest BCUT2D eigenvalue weighted by atomic mass is 16.6.